The summed E-state index contributed by atoms with van der Waals surface area (Å²) < 4.78 is 41.2. The molecule has 1 aromatic rings. The van der Waals surface area contributed by atoms with Crippen LogP contribution in [0.2, 0.25) is 0 Å². The molecule has 1 saturated heterocycles. The summed E-state index contributed by atoms with van der Waals surface area (Å²) in [5.74, 6) is -0.257. The number of halogens is 1. The fraction of sp³-hybridized carbons (Fsp3) is 0.697. The van der Waals surface area contributed by atoms with Crippen molar-refractivity contribution in [1.82, 2.24) is 0 Å². The van der Waals surface area contributed by atoms with Crippen LogP contribution in [0.3, 0.4) is 0 Å². The number of hydrogen-bond donors (Lipinski definition) is 1. The number of thioether (sulfide) groups is 1. The molecule has 2 heterocycles. The van der Waals surface area contributed by atoms with Gasteiger partial charge in [0.05, 0.1) is 6.61 Å². The van der Waals surface area contributed by atoms with E-state index >= 15 is 4.39 Å². The third-order valence-electron chi connectivity index (χ3n) is 8.19. The average molecular weight is 577 g/mol. The molecule has 40 heavy (non-hydrogen) atoms. The van der Waals surface area contributed by atoms with Gasteiger partial charge in [0.1, 0.15) is 36.3 Å². The van der Waals surface area contributed by atoms with Crippen LogP contribution in [0.1, 0.15) is 77.7 Å². The molecule has 1 N–H and O–H groups in total. The molecule has 0 bridgehead atoms. The fourth-order valence-corrected chi connectivity index (χ4v) is 7.32. The van der Waals surface area contributed by atoms with Gasteiger partial charge >= 0.3 is 0 Å². The molecule has 3 aliphatic rings. The van der Waals surface area contributed by atoms with Crippen molar-refractivity contribution in [3.8, 4) is 0 Å². The molecular formula is C33H49FO5S. The number of ether oxygens (including phenoxy) is 4. The zero-order chi connectivity index (χ0) is 28.3. The van der Waals surface area contributed by atoms with E-state index in [0.717, 1.165) is 56.9 Å². The van der Waals surface area contributed by atoms with Crippen LogP contribution in [0, 0.1) is 5.92 Å². The van der Waals surface area contributed by atoms with Gasteiger partial charge in [-0.2, -0.15) is 0 Å². The number of allylic oxidation sites excluding steroid dienone is 3. The van der Waals surface area contributed by atoms with Crippen LogP contribution in [0.25, 0.3) is 0 Å². The molecule has 2 aliphatic heterocycles. The van der Waals surface area contributed by atoms with Crippen molar-refractivity contribution >= 4 is 11.8 Å². The van der Waals surface area contributed by atoms with Gasteiger partial charge in [0.2, 0.25) is 0 Å². The number of benzene rings is 1. The average Bonchev–Trinajstić information content (AvgIpc) is 3.38. The van der Waals surface area contributed by atoms with Crippen LogP contribution in [0.15, 0.2) is 52.7 Å². The second-order valence-corrected chi connectivity index (χ2v) is 12.7. The SMILES string of the molecule is CCCCOC1[C@@H](OCCCC)C(C2=CC=C(F)C(CC3Cc4ccccc4S3)C2)O[C@H](CO)[C@H]1OCCCC. The van der Waals surface area contributed by atoms with E-state index in [-0.39, 0.29) is 30.6 Å². The third-order valence-corrected chi connectivity index (χ3v) is 9.54. The van der Waals surface area contributed by atoms with Gasteiger partial charge in [-0.1, -0.05) is 64.3 Å². The summed E-state index contributed by atoms with van der Waals surface area (Å²) in [7, 11) is 0. The minimum absolute atomic E-state index is 0.0604. The van der Waals surface area contributed by atoms with E-state index in [1.165, 1.54) is 10.5 Å². The smallest absolute Gasteiger partial charge is 0.116 e. The second-order valence-electron chi connectivity index (χ2n) is 11.3. The highest BCUT2D eigenvalue weighted by atomic mass is 32.2. The molecule has 7 heteroatoms. The zero-order valence-corrected chi connectivity index (χ0v) is 25.4. The lowest BCUT2D eigenvalue weighted by Crippen LogP contribution is -2.61. The van der Waals surface area contributed by atoms with Gasteiger partial charge in [0, 0.05) is 35.9 Å². The monoisotopic (exact) mass is 576 g/mol. The van der Waals surface area contributed by atoms with E-state index in [9.17, 15) is 5.11 Å². The summed E-state index contributed by atoms with van der Waals surface area (Å²) in [4.78, 5) is 1.32. The first-order valence-electron chi connectivity index (χ1n) is 15.5. The summed E-state index contributed by atoms with van der Waals surface area (Å²) in [6.45, 7) is 8.04. The van der Waals surface area contributed by atoms with E-state index in [1.54, 1.807) is 6.08 Å². The van der Waals surface area contributed by atoms with Crippen molar-refractivity contribution in [3.05, 3.63) is 53.4 Å². The molecule has 4 unspecified atom stereocenters. The van der Waals surface area contributed by atoms with Crippen molar-refractivity contribution in [2.75, 3.05) is 26.4 Å². The predicted molar refractivity (Wildman–Crippen MR) is 159 cm³/mol. The Morgan fingerprint density at radius 3 is 2.17 bits per heavy atom. The number of hydrogen-bond acceptors (Lipinski definition) is 6. The molecule has 4 rings (SSSR count). The molecule has 0 radical (unpaired) electrons. The number of rotatable bonds is 16. The van der Waals surface area contributed by atoms with Crippen LogP contribution in [-0.4, -0.2) is 67.3 Å². The van der Waals surface area contributed by atoms with Gasteiger partial charge in [-0.3, -0.25) is 0 Å². The molecule has 1 aliphatic carbocycles. The van der Waals surface area contributed by atoms with Crippen molar-refractivity contribution in [3.63, 3.8) is 0 Å². The van der Waals surface area contributed by atoms with Crippen LogP contribution in [0.5, 0.6) is 0 Å². The number of aliphatic hydroxyl groups is 1. The van der Waals surface area contributed by atoms with Crippen molar-refractivity contribution in [2.45, 2.75) is 119 Å². The first-order chi connectivity index (χ1) is 19.6. The summed E-state index contributed by atoms with van der Waals surface area (Å²) in [5.41, 5.74) is 2.38. The highest BCUT2D eigenvalue weighted by Gasteiger charge is 2.49. The fourth-order valence-electron chi connectivity index (χ4n) is 5.91. The third kappa shape index (κ3) is 8.20. The molecule has 0 amide bonds. The molecule has 224 valence electrons. The van der Waals surface area contributed by atoms with Crippen molar-refractivity contribution in [1.29, 1.82) is 0 Å². The van der Waals surface area contributed by atoms with Crippen molar-refractivity contribution < 1.29 is 28.4 Å². The normalized spacial score (nSPS) is 30.2. The zero-order valence-electron chi connectivity index (χ0n) is 24.6. The Labute approximate surface area is 244 Å². The lowest BCUT2D eigenvalue weighted by atomic mass is 9.82. The summed E-state index contributed by atoms with van der Waals surface area (Å²) in [5, 5.41) is 10.8. The maximum absolute atomic E-state index is 15.2. The molecule has 0 spiro atoms. The van der Waals surface area contributed by atoms with Crippen LogP contribution in [0.4, 0.5) is 4.39 Å². The highest BCUT2D eigenvalue weighted by molar-refractivity contribution is 8.00. The van der Waals surface area contributed by atoms with Gasteiger partial charge in [-0.25, -0.2) is 4.39 Å². The second kappa shape index (κ2) is 16.4. The molecular weight excluding hydrogens is 527 g/mol. The van der Waals surface area contributed by atoms with Crippen LogP contribution in [-0.2, 0) is 25.4 Å². The standard InChI is InChI=1S/C33H49FO5S/c1-4-7-16-36-31-28(22-35)39-30(32(37-17-8-5-2)33(31)38-18-9-6-3)24-14-15-27(34)25(19-24)21-26-20-23-12-10-11-13-29(23)40-26/h10-15,25-26,28,30-33,35H,4-9,16-22H2,1-3H3/t25?,26?,28-,30?,31-,32+,33?/m1/s1. The lowest BCUT2D eigenvalue weighted by molar-refractivity contribution is -0.256. The first-order valence-corrected chi connectivity index (χ1v) is 16.4. The van der Waals surface area contributed by atoms with Gasteiger partial charge in [-0.05, 0) is 61.8 Å². The molecule has 0 aromatic heterocycles. The maximum atomic E-state index is 15.2. The Bertz CT molecular complexity index is 943. The van der Waals surface area contributed by atoms with Gasteiger partial charge < -0.3 is 24.1 Å². The largest absolute Gasteiger partial charge is 0.394 e. The quantitative estimate of drug-likeness (QED) is 0.210. The maximum Gasteiger partial charge on any atom is 0.116 e. The Morgan fingerprint density at radius 1 is 0.875 bits per heavy atom. The van der Waals surface area contributed by atoms with Crippen LogP contribution >= 0.6 is 11.8 Å². The van der Waals surface area contributed by atoms with Crippen molar-refractivity contribution in [2.24, 2.45) is 5.92 Å². The van der Waals surface area contributed by atoms with Crippen LogP contribution < -0.4 is 0 Å². The van der Waals surface area contributed by atoms with Gasteiger partial charge in [0.15, 0.2) is 0 Å². The number of fused-ring (bicyclic) bond motifs is 1. The molecule has 0 saturated carbocycles. The molecule has 1 fully saturated rings. The molecule has 5 nitrogen and oxygen atoms in total. The number of unbranched alkanes of at least 4 members (excludes halogenated alkanes) is 3. The lowest BCUT2D eigenvalue weighted by Gasteiger charge is -2.47. The summed E-state index contributed by atoms with van der Waals surface area (Å²) in [6.07, 6.45) is 9.57. The van der Waals surface area contributed by atoms with Gasteiger partial charge in [0.25, 0.3) is 0 Å². The summed E-state index contributed by atoms with van der Waals surface area (Å²) >= 11 is 1.87. The minimum Gasteiger partial charge on any atom is -0.394 e. The number of aliphatic hydroxyl groups excluding tert-OH is 1. The van der Waals surface area contributed by atoms with E-state index in [1.807, 2.05) is 17.8 Å². The minimum atomic E-state index is -0.533. The Hall–Kier alpha value is -1.22. The van der Waals surface area contributed by atoms with E-state index in [0.29, 0.717) is 31.5 Å². The highest BCUT2D eigenvalue weighted by Crippen LogP contribution is 2.44. The van der Waals surface area contributed by atoms with Gasteiger partial charge in [-0.15, -0.1) is 11.8 Å². The Morgan fingerprint density at radius 2 is 1.52 bits per heavy atom. The molecule has 7 atom stereocenters. The topological polar surface area (TPSA) is 57.2 Å². The first kappa shape index (κ1) is 31.7. The predicted octanol–water partition coefficient (Wildman–Crippen LogP) is 7.21. The van der Waals surface area contributed by atoms with E-state index in [4.69, 9.17) is 18.9 Å². The van der Waals surface area contributed by atoms with E-state index < -0.39 is 18.3 Å². The summed E-state index contributed by atoms with van der Waals surface area (Å²) in [6, 6.07) is 8.50. The van der Waals surface area contributed by atoms with E-state index in [2.05, 4.69) is 45.0 Å². The Balaban J connectivity index is 1.53. The Kier molecular flexibility index (Phi) is 13.0. The molecule has 1 aromatic carbocycles.